The number of thiazole rings is 1. The largest absolute Gasteiger partial charge is 0.396 e. The summed E-state index contributed by atoms with van der Waals surface area (Å²) < 4.78 is 2.22. The molecule has 6 heteroatoms. The van der Waals surface area contributed by atoms with Crippen molar-refractivity contribution in [2.75, 3.05) is 32.8 Å². The van der Waals surface area contributed by atoms with E-state index in [1.54, 1.807) is 11.3 Å². The van der Waals surface area contributed by atoms with Crippen molar-refractivity contribution in [1.29, 1.82) is 0 Å². The van der Waals surface area contributed by atoms with Crippen LogP contribution in [0.25, 0.3) is 4.96 Å². The highest BCUT2D eigenvalue weighted by molar-refractivity contribution is 7.15. The molecular weight excluding hydrogens is 308 g/mol. The van der Waals surface area contributed by atoms with Crippen LogP contribution in [-0.2, 0) is 6.54 Å². The Hall–Kier alpha value is -0.950. The summed E-state index contributed by atoms with van der Waals surface area (Å²) >= 11 is 1.69. The monoisotopic (exact) mass is 336 g/mol. The van der Waals surface area contributed by atoms with Gasteiger partial charge in [-0.05, 0) is 19.3 Å². The molecule has 1 aliphatic heterocycles. The summed E-state index contributed by atoms with van der Waals surface area (Å²) in [6, 6.07) is 0.461. The second-order valence-electron chi connectivity index (χ2n) is 6.99. The first-order chi connectivity index (χ1) is 11.1. The minimum Gasteiger partial charge on any atom is -0.396 e. The average molecular weight is 337 g/mol. The van der Waals surface area contributed by atoms with E-state index in [0.29, 0.717) is 12.0 Å². The van der Waals surface area contributed by atoms with E-state index in [0.717, 1.165) is 49.8 Å². The van der Waals surface area contributed by atoms with Gasteiger partial charge in [0.1, 0.15) is 0 Å². The Kier molecular flexibility index (Phi) is 5.36. The van der Waals surface area contributed by atoms with Crippen LogP contribution in [0.1, 0.15) is 31.7 Å². The Morgan fingerprint density at radius 3 is 2.96 bits per heavy atom. The van der Waals surface area contributed by atoms with Gasteiger partial charge in [-0.1, -0.05) is 13.8 Å². The third kappa shape index (κ3) is 3.76. The van der Waals surface area contributed by atoms with Crippen LogP contribution in [0.4, 0.5) is 0 Å². The van der Waals surface area contributed by atoms with E-state index in [9.17, 15) is 5.11 Å². The molecular formula is C17H28N4OS. The van der Waals surface area contributed by atoms with Crippen molar-refractivity contribution in [2.45, 2.75) is 39.8 Å². The van der Waals surface area contributed by atoms with Crippen molar-refractivity contribution in [3.8, 4) is 0 Å². The molecule has 3 heterocycles. The lowest BCUT2D eigenvalue weighted by Gasteiger charge is -2.42. The summed E-state index contributed by atoms with van der Waals surface area (Å²) in [5.74, 6) is 0.672. The molecule has 0 aliphatic carbocycles. The summed E-state index contributed by atoms with van der Waals surface area (Å²) in [6.07, 6.45) is 2.98. The molecule has 0 unspecified atom stereocenters. The molecule has 128 valence electrons. The standard InChI is InChI=1S/C17H28N4OS/c1-13(2)10-20-6-5-19(11-15(20)4-8-22)12-16-14(3)18-17-21(16)7-9-23-17/h7,9,13,15,22H,4-6,8,10-12H2,1-3H3/t15-/m1/s1. The molecule has 0 aromatic carbocycles. The van der Waals surface area contributed by atoms with Crippen molar-refractivity contribution in [1.82, 2.24) is 19.2 Å². The Balaban J connectivity index is 1.69. The maximum atomic E-state index is 9.41. The van der Waals surface area contributed by atoms with Crippen LogP contribution in [0.5, 0.6) is 0 Å². The Morgan fingerprint density at radius 1 is 1.39 bits per heavy atom. The number of fused-ring (bicyclic) bond motifs is 1. The predicted octanol–water partition coefficient (Wildman–Crippen LogP) is 2.23. The van der Waals surface area contributed by atoms with E-state index >= 15 is 0 Å². The maximum absolute atomic E-state index is 9.41. The molecule has 23 heavy (non-hydrogen) atoms. The fourth-order valence-electron chi connectivity index (χ4n) is 3.58. The number of imidazole rings is 1. The fraction of sp³-hybridized carbons (Fsp3) is 0.706. The van der Waals surface area contributed by atoms with Gasteiger partial charge in [0.05, 0.1) is 11.4 Å². The number of rotatable bonds is 6. The van der Waals surface area contributed by atoms with Gasteiger partial charge in [-0.15, -0.1) is 11.3 Å². The minimum atomic E-state index is 0.271. The number of aryl methyl sites for hydroxylation is 1. The van der Waals surface area contributed by atoms with Gasteiger partial charge < -0.3 is 5.11 Å². The van der Waals surface area contributed by atoms with E-state index in [1.165, 1.54) is 5.69 Å². The first-order valence-corrected chi connectivity index (χ1v) is 9.44. The number of nitrogens with zero attached hydrogens (tertiary/aromatic N) is 4. The fourth-order valence-corrected chi connectivity index (χ4v) is 4.35. The van der Waals surface area contributed by atoms with Crippen molar-refractivity contribution in [3.63, 3.8) is 0 Å². The topological polar surface area (TPSA) is 44.0 Å². The second-order valence-corrected chi connectivity index (χ2v) is 7.86. The molecule has 0 spiro atoms. The normalized spacial score (nSPS) is 20.8. The predicted molar refractivity (Wildman–Crippen MR) is 95.0 cm³/mol. The zero-order valence-corrected chi connectivity index (χ0v) is 15.2. The van der Waals surface area contributed by atoms with Crippen LogP contribution in [-0.4, -0.2) is 63.1 Å². The van der Waals surface area contributed by atoms with Crippen molar-refractivity contribution < 1.29 is 5.11 Å². The first kappa shape index (κ1) is 16.9. The first-order valence-electron chi connectivity index (χ1n) is 8.56. The molecule has 1 N–H and O–H groups in total. The number of hydrogen-bond donors (Lipinski definition) is 1. The van der Waals surface area contributed by atoms with Crippen LogP contribution in [0, 0.1) is 12.8 Å². The summed E-state index contributed by atoms with van der Waals surface area (Å²) in [4.78, 5) is 10.8. The van der Waals surface area contributed by atoms with E-state index < -0.39 is 0 Å². The zero-order valence-electron chi connectivity index (χ0n) is 14.4. The molecule has 1 aliphatic rings. The maximum Gasteiger partial charge on any atom is 0.194 e. The van der Waals surface area contributed by atoms with E-state index in [4.69, 9.17) is 0 Å². The van der Waals surface area contributed by atoms with Crippen LogP contribution >= 0.6 is 11.3 Å². The minimum absolute atomic E-state index is 0.271. The Morgan fingerprint density at radius 2 is 2.22 bits per heavy atom. The number of aliphatic hydroxyl groups excluding tert-OH is 1. The summed E-state index contributed by atoms with van der Waals surface area (Å²) in [7, 11) is 0. The lowest BCUT2D eigenvalue weighted by atomic mass is 10.1. The Labute approximate surface area is 142 Å². The number of aliphatic hydroxyl groups is 1. The molecule has 2 aromatic rings. The number of hydrogen-bond acceptors (Lipinski definition) is 5. The highest BCUT2D eigenvalue weighted by atomic mass is 32.1. The third-order valence-corrected chi connectivity index (χ3v) is 5.44. The molecule has 1 saturated heterocycles. The van der Waals surface area contributed by atoms with Gasteiger partial charge in [-0.3, -0.25) is 14.2 Å². The average Bonchev–Trinajstić information content (AvgIpc) is 3.04. The summed E-state index contributed by atoms with van der Waals surface area (Å²) in [5, 5.41) is 11.5. The molecule has 2 aromatic heterocycles. The van der Waals surface area contributed by atoms with E-state index in [2.05, 4.69) is 51.5 Å². The van der Waals surface area contributed by atoms with Gasteiger partial charge in [-0.25, -0.2) is 4.98 Å². The van der Waals surface area contributed by atoms with E-state index in [1.807, 2.05) is 0 Å². The van der Waals surface area contributed by atoms with Crippen LogP contribution < -0.4 is 0 Å². The van der Waals surface area contributed by atoms with Gasteiger partial charge >= 0.3 is 0 Å². The van der Waals surface area contributed by atoms with Crippen LogP contribution in [0.2, 0.25) is 0 Å². The summed E-state index contributed by atoms with van der Waals surface area (Å²) in [5.41, 5.74) is 2.45. The van der Waals surface area contributed by atoms with Crippen molar-refractivity contribution in [3.05, 3.63) is 23.0 Å². The molecule has 0 radical (unpaired) electrons. The summed E-state index contributed by atoms with van der Waals surface area (Å²) in [6.45, 7) is 12.2. The van der Waals surface area contributed by atoms with Gasteiger partial charge in [0.25, 0.3) is 0 Å². The molecule has 1 atom stereocenters. The van der Waals surface area contributed by atoms with Gasteiger partial charge in [0.15, 0.2) is 4.96 Å². The molecule has 3 rings (SSSR count). The highest BCUT2D eigenvalue weighted by Gasteiger charge is 2.27. The zero-order chi connectivity index (χ0) is 16.4. The molecule has 1 fully saturated rings. The van der Waals surface area contributed by atoms with Gasteiger partial charge in [0.2, 0.25) is 0 Å². The van der Waals surface area contributed by atoms with Crippen LogP contribution in [0.3, 0.4) is 0 Å². The second kappa shape index (κ2) is 7.30. The van der Waals surface area contributed by atoms with Crippen molar-refractivity contribution in [2.24, 2.45) is 5.92 Å². The lowest BCUT2D eigenvalue weighted by Crippen LogP contribution is -2.54. The van der Waals surface area contributed by atoms with Crippen LogP contribution in [0.15, 0.2) is 11.6 Å². The highest BCUT2D eigenvalue weighted by Crippen LogP contribution is 2.21. The number of piperazine rings is 1. The SMILES string of the molecule is Cc1nc2sccn2c1CN1CCN(CC(C)C)[C@H](CCO)C1. The molecule has 0 saturated carbocycles. The quantitative estimate of drug-likeness (QED) is 0.878. The van der Waals surface area contributed by atoms with E-state index in [-0.39, 0.29) is 6.61 Å². The lowest BCUT2D eigenvalue weighted by molar-refractivity contribution is 0.0469. The van der Waals surface area contributed by atoms with Gasteiger partial charge in [0, 0.05) is 56.9 Å². The smallest absolute Gasteiger partial charge is 0.194 e. The third-order valence-electron chi connectivity index (χ3n) is 4.69. The number of aromatic nitrogens is 2. The molecule has 0 amide bonds. The van der Waals surface area contributed by atoms with Gasteiger partial charge in [-0.2, -0.15) is 0 Å². The molecule has 0 bridgehead atoms. The molecule has 5 nitrogen and oxygen atoms in total. The van der Waals surface area contributed by atoms with Crippen molar-refractivity contribution >= 4 is 16.3 Å². The Bertz CT molecular complexity index is 636.